The van der Waals surface area contributed by atoms with Crippen LogP contribution < -0.4 is 16.0 Å². The number of thiophene rings is 1. The summed E-state index contributed by atoms with van der Waals surface area (Å²) in [5.41, 5.74) is 1.39. The van der Waals surface area contributed by atoms with Crippen molar-refractivity contribution in [3.63, 3.8) is 0 Å². The summed E-state index contributed by atoms with van der Waals surface area (Å²) < 4.78 is 0. The summed E-state index contributed by atoms with van der Waals surface area (Å²) in [4.78, 5) is 37.6. The lowest BCUT2D eigenvalue weighted by Crippen LogP contribution is -2.29. The Bertz CT molecular complexity index is 1040. The van der Waals surface area contributed by atoms with Crippen LogP contribution in [0.2, 0.25) is 5.02 Å². The summed E-state index contributed by atoms with van der Waals surface area (Å²) in [6.45, 7) is 1.42. The normalized spacial score (nSPS) is 11.4. The number of rotatable bonds is 7. The fourth-order valence-corrected chi connectivity index (χ4v) is 3.75. The molecule has 0 saturated carbocycles. The molecule has 30 heavy (non-hydrogen) atoms. The molecule has 2 aromatic carbocycles. The number of carbonyl (C=O) groups excluding carboxylic acids is 3. The van der Waals surface area contributed by atoms with Gasteiger partial charge in [-0.3, -0.25) is 14.4 Å². The first-order valence-corrected chi connectivity index (χ1v) is 10.4. The number of benzene rings is 2. The van der Waals surface area contributed by atoms with Crippen LogP contribution in [0.5, 0.6) is 0 Å². The molecule has 0 bridgehead atoms. The number of amides is 3. The van der Waals surface area contributed by atoms with Crippen molar-refractivity contribution in [2.45, 2.75) is 19.4 Å². The van der Waals surface area contributed by atoms with E-state index < -0.39 is 6.04 Å². The summed E-state index contributed by atoms with van der Waals surface area (Å²) in [7, 11) is 0. The Morgan fingerprint density at radius 3 is 2.20 bits per heavy atom. The molecule has 0 saturated heterocycles. The van der Waals surface area contributed by atoms with Gasteiger partial charge in [-0.05, 0) is 47.8 Å². The van der Waals surface area contributed by atoms with Crippen LogP contribution in [-0.2, 0) is 9.59 Å². The molecule has 0 aliphatic rings. The Labute approximate surface area is 183 Å². The summed E-state index contributed by atoms with van der Waals surface area (Å²) in [5.74, 6) is -0.810. The van der Waals surface area contributed by atoms with Crippen LogP contribution in [0.1, 0.15) is 34.6 Å². The molecule has 8 heteroatoms. The van der Waals surface area contributed by atoms with Crippen LogP contribution in [0.4, 0.5) is 11.4 Å². The molecule has 3 aromatic rings. The zero-order valence-corrected chi connectivity index (χ0v) is 17.7. The molecule has 154 valence electrons. The summed E-state index contributed by atoms with van der Waals surface area (Å²) in [6, 6.07) is 16.8. The van der Waals surface area contributed by atoms with E-state index in [2.05, 4.69) is 16.0 Å². The highest BCUT2D eigenvalue weighted by molar-refractivity contribution is 7.10. The quantitative estimate of drug-likeness (QED) is 0.489. The zero-order valence-electron chi connectivity index (χ0n) is 16.1. The molecule has 3 rings (SSSR count). The third kappa shape index (κ3) is 5.92. The highest BCUT2D eigenvalue weighted by atomic mass is 35.5. The van der Waals surface area contributed by atoms with Crippen LogP contribution in [0.15, 0.2) is 66.0 Å². The van der Waals surface area contributed by atoms with Crippen molar-refractivity contribution in [3.05, 3.63) is 81.5 Å². The van der Waals surface area contributed by atoms with Crippen LogP contribution in [-0.4, -0.2) is 17.7 Å². The smallest absolute Gasteiger partial charge is 0.255 e. The van der Waals surface area contributed by atoms with Crippen molar-refractivity contribution in [2.75, 3.05) is 10.6 Å². The van der Waals surface area contributed by atoms with Gasteiger partial charge in [0.2, 0.25) is 11.8 Å². The van der Waals surface area contributed by atoms with Crippen molar-refractivity contribution in [3.8, 4) is 0 Å². The number of anilines is 2. The van der Waals surface area contributed by atoms with Crippen LogP contribution >= 0.6 is 22.9 Å². The van der Waals surface area contributed by atoms with E-state index in [1.54, 1.807) is 48.5 Å². The zero-order chi connectivity index (χ0) is 21.5. The molecule has 0 spiro atoms. The highest BCUT2D eigenvalue weighted by Crippen LogP contribution is 2.25. The Balaban J connectivity index is 1.70. The van der Waals surface area contributed by atoms with Gasteiger partial charge < -0.3 is 16.0 Å². The molecular weight excluding hydrogens is 422 g/mol. The van der Waals surface area contributed by atoms with E-state index in [1.165, 1.54) is 18.3 Å². The molecule has 1 aromatic heterocycles. The Kier molecular flexibility index (Phi) is 7.21. The average molecular weight is 442 g/mol. The first-order valence-electron chi connectivity index (χ1n) is 9.18. The highest BCUT2D eigenvalue weighted by Gasteiger charge is 2.19. The standard InChI is InChI=1S/C22H20ClN3O3S/c1-14(27)24-19(20-7-4-12-30-20)13-21(28)25-17-5-2-3-6-18(17)26-22(29)15-8-10-16(23)11-9-15/h2-12,19H,13H2,1H3,(H,24,27)(H,25,28)(H,26,29)/t19-/m0/s1. The van der Waals surface area contributed by atoms with E-state index in [9.17, 15) is 14.4 Å². The minimum Gasteiger partial charge on any atom is -0.348 e. The minimum absolute atomic E-state index is 0.0690. The second-order valence-corrected chi connectivity index (χ2v) is 7.94. The second-order valence-electron chi connectivity index (χ2n) is 6.53. The van der Waals surface area contributed by atoms with Crippen LogP contribution in [0, 0.1) is 0 Å². The van der Waals surface area contributed by atoms with Crippen LogP contribution in [0.3, 0.4) is 0 Å². The first kappa shape index (κ1) is 21.5. The van der Waals surface area contributed by atoms with E-state index >= 15 is 0 Å². The minimum atomic E-state index is -0.418. The lowest BCUT2D eigenvalue weighted by molar-refractivity contribution is -0.120. The third-order valence-corrected chi connectivity index (χ3v) is 5.45. The van der Waals surface area contributed by atoms with Gasteiger partial charge in [-0.1, -0.05) is 29.8 Å². The molecule has 0 aliphatic heterocycles. The number of carbonyl (C=O) groups is 3. The van der Waals surface area contributed by atoms with Gasteiger partial charge in [0.15, 0.2) is 0 Å². The van der Waals surface area contributed by atoms with Crippen molar-refractivity contribution in [1.82, 2.24) is 5.32 Å². The van der Waals surface area contributed by atoms with E-state index in [0.717, 1.165) is 4.88 Å². The largest absolute Gasteiger partial charge is 0.348 e. The maximum Gasteiger partial charge on any atom is 0.255 e. The van der Waals surface area contributed by atoms with Gasteiger partial charge >= 0.3 is 0 Å². The van der Waals surface area contributed by atoms with E-state index in [-0.39, 0.29) is 24.1 Å². The first-order chi connectivity index (χ1) is 14.4. The monoisotopic (exact) mass is 441 g/mol. The maximum absolute atomic E-state index is 12.7. The molecule has 3 amide bonds. The van der Waals surface area contributed by atoms with Crippen molar-refractivity contribution >= 4 is 52.0 Å². The van der Waals surface area contributed by atoms with Crippen LogP contribution in [0.25, 0.3) is 0 Å². The van der Waals surface area contributed by atoms with Gasteiger partial charge in [-0.2, -0.15) is 0 Å². The topological polar surface area (TPSA) is 87.3 Å². The number of hydrogen-bond acceptors (Lipinski definition) is 4. The van der Waals surface area contributed by atoms with E-state index in [1.807, 2.05) is 17.5 Å². The molecule has 0 aliphatic carbocycles. The number of hydrogen-bond donors (Lipinski definition) is 3. The molecule has 1 heterocycles. The fraction of sp³-hybridized carbons (Fsp3) is 0.136. The van der Waals surface area contributed by atoms with Gasteiger partial charge in [0, 0.05) is 22.4 Å². The lowest BCUT2D eigenvalue weighted by atomic mass is 10.1. The molecule has 0 unspecified atom stereocenters. The lowest BCUT2D eigenvalue weighted by Gasteiger charge is -2.17. The Hall–Kier alpha value is -3.16. The molecule has 1 atom stereocenters. The predicted molar refractivity (Wildman–Crippen MR) is 120 cm³/mol. The average Bonchev–Trinajstić information content (AvgIpc) is 3.24. The third-order valence-electron chi connectivity index (χ3n) is 4.21. The number of halogens is 1. The number of nitrogens with one attached hydrogen (secondary N) is 3. The van der Waals surface area contributed by atoms with Gasteiger partial charge in [-0.15, -0.1) is 11.3 Å². The SMILES string of the molecule is CC(=O)N[C@@H](CC(=O)Nc1ccccc1NC(=O)c1ccc(Cl)cc1)c1cccs1. The van der Waals surface area contributed by atoms with Gasteiger partial charge in [0.1, 0.15) is 0 Å². The summed E-state index contributed by atoms with van der Waals surface area (Å²) in [5, 5.41) is 10.9. The molecule has 0 radical (unpaired) electrons. The Morgan fingerprint density at radius 2 is 1.60 bits per heavy atom. The summed E-state index contributed by atoms with van der Waals surface area (Å²) in [6.07, 6.45) is 0.0690. The number of para-hydroxylation sites is 2. The summed E-state index contributed by atoms with van der Waals surface area (Å²) >= 11 is 7.33. The van der Waals surface area contributed by atoms with E-state index in [4.69, 9.17) is 11.6 Å². The van der Waals surface area contributed by atoms with Crippen molar-refractivity contribution < 1.29 is 14.4 Å². The maximum atomic E-state index is 12.7. The molecule has 6 nitrogen and oxygen atoms in total. The molecule has 0 fully saturated rings. The second kappa shape index (κ2) is 10.0. The van der Waals surface area contributed by atoms with E-state index in [0.29, 0.717) is 22.0 Å². The molecule has 3 N–H and O–H groups in total. The van der Waals surface area contributed by atoms with Crippen molar-refractivity contribution in [1.29, 1.82) is 0 Å². The van der Waals surface area contributed by atoms with Gasteiger partial charge in [-0.25, -0.2) is 0 Å². The van der Waals surface area contributed by atoms with Crippen molar-refractivity contribution in [2.24, 2.45) is 0 Å². The van der Waals surface area contributed by atoms with Gasteiger partial charge in [0.05, 0.1) is 23.8 Å². The predicted octanol–water partition coefficient (Wildman–Crippen LogP) is 4.86. The Morgan fingerprint density at radius 1 is 0.933 bits per heavy atom. The fourth-order valence-electron chi connectivity index (χ4n) is 2.84. The molecular formula is C22H20ClN3O3S. The van der Waals surface area contributed by atoms with Gasteiger partial charge in [0.25, 0.3) is 5.91 Å².